The Hall–Kier alpha value is -2.53. The molecule has 0 aromatic heterocycles. The molecule has 0 unspecified atom stereocenters. The minimum atomic E-state index is -0.550. The third-order valence-electron chi connectivity index (χ3n) is 4.25. The first-order chi connectivity index (χ1) is 13.0. The Balaban J connectivity index is 1.78. The molecule has 0 aliphatic heterocycles. The number of hydrogen-bond acceptors (Lipinski definition) is 4. The second kappa shape index (κ2) is 10.6. The number of carbonyl (C=O) groups is 2. The molecule has 0 heterocycles. The van der Waals surface area contributed by atoms with Crippen molar-refractivity contribution in [1.29, 1.82) is 0 Å². The second-order valence-electron chi connectivity index (χ2n) is 6.19. The summed E-state index contributed by atoms with van der Waals surface area (Å²) in [7, 11) is 0. The van der Waals surface area contributed by atoms with Gasteiger partial charge in [-0.1, -0.05) is 38.1 Å². The summed E-state index contributed by atoms with van der Waals surface area (Å²) in [6.45, 7) is 3.99. The van der Waals surface area contributed by atoms with E-state index in [-0.39, 0.29) is 12.5 Å². The van der Waals surface area contributed by atoms with E-state index in [1.54, 1.807) is 17.8 Å². The van der Waals surface area contributed by atoms with Crippen molar-refractivity contribution in [2.75, 3.05) is 18.2 Å². The average Bonchev–Trinajstić information content (AvgIpc) is 2.71. The van der Waals surface area contributed by atoms with Gasteiger partial charge in [-0.05, 0) is 60.1 Å². The molecule has 142 valence electrons. The number of esters is 1. The van der Waals surface area contributed by atoms with E-state index in [9.17, 15) is 9.59 Å². The van der Waals surface area contributed by atoms with E-state index in [1.165, 1.54) is 11.6 Å². The van der Waals surface area contributed by atoms with Gasteiger partial charge in [-0.15, -0.1) is 11.8 Å². The second-order valence-corrected chi connectivity index (χ2v) is 7.07. The zero-order chi connectivity index (χ0) is 19.6. The lowest BCUT2D eigenvalue weighted by Gasteiger charge is -2.10. The Morgan fingerprint density at radius 2 is 1.78 bits per heavy atom. The molecule has 1 N–H and O–H groups in total. The van der Waals surface area contributed by atoms with Crippen molar-refractivity contribution in [1.82, 2.24) is 0 Å². The largest absolute Gasteiger partial charge is 0.452 e. The molecule has 5 heteroatoms. The van der Waals surface area contributed by atoms with Gasteiger partial charge < -0.3 is 10.1 Å². The molecule has 2 aromatic carbocycles. The smallest absolute Gasteiger partial charge is 0.331 e. The minimum absolute atomic E-state index is 0.318. The van der Waals surface area contributed by atoms with Crippen molar-refractivity contribution < 1.29 is 14.3 Å². The van der Waals surface area contributed by atoms with Gasteiger partial charge in [-0.25, -0.2) is 4.79 Å². The van der Waals surface area contributed by atoms with Crippen LogP contribution in [0.15, 0.2) is 59.5 Å². The van der Waals surface area contributed by atoms with E-state index >= 15 is 0 Å². The maximum atomic E-state index is 11.9. The summed E-state index contributed by atoms with van der Waals surface area (Å²) in [5.74, 6) is -0.428. The fraction of sp³-hybridized carbons (Fsp3) is 0.273. The zero-order valence-electron chi connectivity index (χ0n) is 15.9. The van der Waals surface area contributed by atoms with Gasteiger partial charge in [0.2, 0.25) is 0 Å². The lowest BCUT2D eigenvalue weighted by Crippen LogP contribution is -2.20. The molecule has 0 aliphatic rings. The molecule has 1 amide bonds. The van der Waals surface area contributed by atoms with Gasteiger partial charge in [0.05, 0.1) is 0 Å². The van der Waals surface area contributed by atoms with Crippen molar-refractivity contribution in [3.63, 3.8) is 0 Å². The van der Waals surface area contributed by atoms with Gasteiger partial charge in [0.1, 0.15) is 0 Å². The van der Waals surface area contributed by atoms with Crippen LogP contribution >= 0.6 is 11.8 Å². The van der Waals surface area contributed by atoms with Crippen molar-refractivity contribution in [3.8, 4) is 0 Å². The van der Waals surface area contributed by atoms with Crippen molar-refractivity contribution >= 4 is 35.4 Å². The molecule has 2 aromatic rings. The van der Waals surface area contributed by atoms with Crippen LogP contribution in [0.25, 0.3) is 6.08 Å². The fourth-order valence-electron chi connectivity index (χ4n) is 2.39. The number of hydrogen-bond donors (Lipinski definition) is 1. The number of thioether (sulfide) groups is 1. The summed E-state index contributed by atoms with van der Waals surface area (Å²) in [4.78, 5) is 24.8. The number of rotatable bonds is 8. The van der Waals surface area contributed by atoms with Crippen LogP contribution in [0.1, 0.15) is 37.3 Å². The first-order valence-electron chi connectivity index (χ1n) is 8.90. The molecule has 0 saturated carbocycles. The van der Waals surface area contributed by atoms with Crippen molar-refractivity contribution in [2.24, 2.45) is 0 Å². The van der Waals surface area contributed by atoms with Gasteiger partial charge >= 0.3 is 5.97 Å². The topological polar surface area (TPSA) is 55.4 Å². The highest BCUT2D eigenvalue weighted by Crippen LogP contribution is 2.20. The molecule has 0 radical (unpaired) electrons. The summed E-state index contributed by atoms with van der Waals surface area (Å²) in [5, 5.41) is 2.73. The Bertz CT molecular complexity index is 782. The lowest BCUT2D eigenvalue weighted by molar-refractivity contribution is -0.142. The Morgan fingerprint density at radius 3 is 2.37 bits per heavy atom. The highest BCUT2D eigenvalue weighted by atomic mass is 32.2. The highest BCUT2D eigenvalue weighted by Gasteiger charge is 2.07. The third kappa shape index (κ3) is 6.94. The standard InChI is InChI=1S/C22H25NO3S/c1-4-16(2)18-8-10-19(11-9-18)23-21(24)15-26-22(25)14-7-17-5-12-20(27-3)13-6-17/h5-14,16H,4,15H2,1-3H3,(H,23,24)/b14-7+/t16-/m0/s1. The van der Waals surface area contributed by atoms with E-state index in [0.29, 0.717) is 11.6 Å². The van der Waals surface area contributed by atoms with Gasteiger partial charge in [0.25, 0.3) is 5.91 Å². The first-order valence-corrected chi connectivity index (χ1v) is 10.1. The molecule has 2 rings (SSSR count). The van der Waals surface area contributed by atoms with Gasteiger partial charge in [-0.2, -0.15) is 0 Å². The monoisotopic (exact) mass is 383 g/mol. The first kappa shape index (κ1) is 20.8. The van der Waals surface area contributed by atoms with Crippen LogP contribution in [-0.4, -0.2) is 24.7 Å². The predicted octanol–water partition coefficient (Wildman–Crippen LogP) is 5.12. The molecule has 0 spiro atoms. The fourth-order valence-corrected chi connectivity index (χ4v) is 2.80. The normalized spacial score (nSPS) is 12.0. The van der Waals surface area contributed by atoms with E-state index in [0.717, 1.165) is 16.9 Å². The van der Waals surface area contributed by atoms with Crippen LogP contribution in [0.2, 0.25) is 0 Å². The average molecular weight is 384 g/mol. The van der Waals surface area contributed by atoms with E-state index in [2.05, 4.69) is 19.2 Å². The molecule has 1 atom stereocenters. The summed E-state index contributed by atoms with van der Waals surface area (Å²) < 4.78 is 4.98. The molecule has 0 fully saturated rings. The van der Waals surface area contributed by atoms with E-state index in [1.807, 2.05) is 54.8 Å². The molecular weight excluding hydrogens is 358 g/mol. The van der Waals surface area contributed by atoms with Crippen LogP contribution < -0.4 is 5.32 Å². The molecular formula is C22H25NO3S. The SMILES string of the molecule is CC[C@H](C)c1ccc(NC(=O)COC(=O)/C=C/c2ccc(SC)cc2)cc1. The number of benzene rings is 2. The number of ether oxygens (including phenoxy) is 1. The highest BCUT2D eigenvalue weighted by molar-refractivity contribution is 7.98. The van der Waals surface area contributed by atoms with Gasteiger partial charge in [0.15, 0.2) is 6.61 Å². The Morgan fingerprint density at radius 1 is 1.11 bits per heavy atom. The maximum absolute atomic E-state index is 11.9. The Labute approximate surface area is 165 Å². The number of carbonyl (C=O) groups excluding carboxylic acids is 2. The Kier molecular flexibility index (Phi) is 8.14. The van der Waals surface area contributed by atoms with Crippen molar-refractivity contribution in [3.05, 3.63) is 65.7 Å². The predicted molar refractivity (Wildman–Crippen MR) is 112 cm³/mol. The van der Waals surface area contributed by atoms with E-state index in [4.69, 9.17) is 4.74 Å². The minimum Gasteiger partial charge on any atom is -0.452 e. The lowest BCUT2D eigenvalue weighted by atomic mass is 9.99. The molecule has 0 saturated heterocycles. The van der Waals surface area contributed by atoms with Crippen LogP contribution in [-0.2, 0) is 14.3 Å². The van der Waals surface area contributed by atoms with Gasteiger partial charge in [0, 0.05) is 16.7 Å². The molecule has 4 nitrogen and oxygen atoms in total. The number of nitrogens with one attached hydrogen (secondary N) is 1. The van der Waals surface area contributed by atoms with Crippen molar-refractivity contribution in [2.45, 2.75) is 31.1 Å². The zero-order valence-corrected chi connectivity index (χ0v) is 16.7. The summed E-state index contributed by atoms with van der Waals surface area (Å²) in [5.41, 5.74) is 2.82. The molecule has 0 aliphatic carbocycles. The summed E-state index contributed by atoms with van der Waals surface area (Å²) in [6, 6.07) is 15.5. The summed E-state index contributed by atoms with van der Waals surface area (Å²) >= 11 is 1.66. The van der Waals surface area contributed by atoms with Crippen LogP contribution in [0.3, 0.4) is 0 Å². The third-order valence-corrected chi connectivity index (χ3v) is 4.99. The molecule has 27 heavy (non-hydrogen) atoms. The molecule has 0 bridgehead atoms. The summed E-state index contributed by atoms with van der Waals surface area (Å²) in [6.07, 6.45) is 6.06. The van der Waals surface area contributed by atoms with Crippen LogP contribution in [0, 0.1) is 0 Å². The van der Waals surface area contributed by atoms with Gasteiger partial charge in [-0.3, -0.25) is 4.79 Å². The van der Waals surface area contributed by atoms with Crippen LogP contribution in [0.5, 0.6) is 0 Å². The number of anilines is 1. The maximum Gasteiger partial charge on any atom is 0.331 e. The quantitative estimate of drug-likeness (QED) is 0.391. The van der Waals surface area contributed by atoms with E-state index < -0.39 is 5.97 Å². The number of amides is 1. The van der Waals surface area contributed by atoms with Crippen LogP contribution in [0.4, 0.5) is 5.69 Å².